The maximum Gasteiger partial charge on any atom is 0.254 e. The number of hydrogen-bond donors (Lipinski definition) is 0. The van der Waals surface area contributed by atoms with Crippen molar-refractivity contribution in [2.45, 2.75) is 0 Å². The highest BCUT2D eigenvalue weighted by atomic mass is 35.5. The lowest BCUT2D eigenvalue weighted by molar-refractivity contribution is 0.0303. The first-order valence-electron chi connectivity index (χ1n) is 8.91. The number of hydrogen-bond acceptors (Lipinski definition) is 3. The Bertz CT molecular complexity index is 996. The molecule has 0 aromatic heterocycles. The maximum atomic E-state index is 12.7. The Morgan fingerprint density at radius 3 is 2.56 bits per heavy atom. The highest BCUT2D eigenvalue weighted by molar-refractivity contribution is 6.33. The maximum absolute atomic E-state index is 12.7. The van der Waals surface area contributed by atoms with Crippen molar-refractivity contribution in [3.63, 3.8) is 0 Å². The summed E-state index contributed by atoms with van der Waals surface area (Å²) in [6.07, 6.45) is 0. The predicted octanol–water partition coefficient (Wildman–Crippen LogP) is 4.64. The molecule has 138 valence electrons. The Morgan fingerprint density at radius 2 is 1.78 bits per heavy atom. The second-order valence-electron chi connectivity index (χ2n) is 6.50. The second kappa shape index (κ2) is 7.59. The summed E-state index contributed by atoms with van der Waals surface area (Å²) in [5.41, 5.74) is 2.56. The molecule has 0 atom stereocenters. The largest absolute Gasteiger partial charge is 0.496 e. The van der Waals surface area contributed by atoms with Crippen LogP contribution in [0.15, 0.2) is 54.6 Å². The smallest absolute Gasteiger partial charge is 0.254 e. The Hall–Kier alpha value is -2.56. The van der Waals surface area contributed by atoms with Crippen molar-refractivity contribution >= 4 is 28.3 Å². The number of morpholine rings is 1. The lowest BCUT2D eigenvalue weighted by Crippen LogP contribution is -2.40. The van der Waals surface area contributed by atoms with E-state index < -0.39 is 0 Å². The molecule has 4 nitrogen and oxygen atoms in total. The van der Waals surface area contributed by atoms with Crippen LogP contribution in [0.4, 0.5) is 0 Å². The molecule has 0 bridgehead atoms. The van der Waals surface area contributed by atoms with Crippen molar-refractivity contribution in [2.75, 3.05) is 33.4 Å². The van der Waals surface area contributed by atoms with Gasteiger partial charge in [0.2, 0.25) is 0 Å². The number of nitrogens with zero attached hydrogens (tertiary/aromatic N) is 1. The number of amides is 1. The van der Waals surface area contributed by atoms with Crippen molar-refractivity contribution in [2.24, 2.45) is 0 Å². The van der Waals surface area contributed by atoms with E-state index in [1.54, 1.807) is 7.11 Å². The number of ether oxygens (including phenoxy) is 2. The van der Waals surface area contributed by atoms with Crippen LogP contribution in [0.3, 0.4) is 0 Å². The van der Waals surface area contributed by atoms with Gasteiger partial charge in [0.25, 0.3) is 5.91 Å². The van der Waals surface area contributed by atoms with Gasteiger partial charge in [-0.25, -0.2) is 0 Å². The van der Waals surface area contributed by atoms with Gasteiger partial charge in [0.1, 0.15) is 5.75 Å². The van der Waals surface area contributed by atoms with Crippen LogP contribution in [-0.2, 0) is 4.74 Å². The van der Waals surface area contributed by atoms with Gasteiger partial charge < -0.3 is 14.4 Å². The molecule has 3 aromatic rings. The summed E-state index contributed by atoms with van der Waals surface area (Å²) < 4.78 is 10.8. The van der Waals surface area contributed by atoms with Crippen molar-refractivity contribution in [3.8, 4) is 16.9 Å². The monoisotopic (exact) mass is 381 g/mol. The number of methoxy groups -OCH3 is 1. The molecule has 1 aliphatic rings. The third-order valence-corrected chi connectivity index (χ3v) is 5.18. The van der Waals surface area contributed by atoms with Gasteiger partial charge in [-0.1, -0.05) is 35.9 Å². The summed E-state index contributed by atoms with van der Waals surface area (Å²) in [6.45, 7) is 2.48. The van der Waals surface area contributed by atoms with Crippen LogP contribution in [0.25, 0.3) is 21.9 Å². The summed E-state index contributed by atoms with van der Waals surface area (Å²) in [4.78, 5) is 14.5. The minimum atomic E-state index is 0.0528. The van der Waals surface area contributed by atoms with Gasteiger partial charge in [-0.15, -0.1) is 0 Å². The minimum Gasteiger partial charge on any atom is -0.496 e. The summed E-state index contributed by atoms with van der Waals surface area (Å²) in [5, 5.41) is 2.71. The Morgan fingerprint density at radius 1 is 1.04 bits per heavy atom. The van der Waals surface area contributed by atoms with Gasteiger partial charge in [-0.2, -0.15) is 0 Å². The number of halogens is 1. The van der Waals surface area contributed by atoms with E-state index in [1.807, 2.05) is 53.4 Å². The fourth-order valence-electron chi connectivity index (χ4n) is 3.44. The summed E-state index contributed by atoms with van der Waals surface area (Å²) in [6, 6.07) is 17.5. The number of carbonyl (C=O) groups is 1. The molecule has 1 amide bonds. The Balaban J connectivity index is 1.70. The molecule has 1 aliphatic heterocycles. The zero-order valence-corrected chi connectivity index (χ0v) is 15.8. The molecule has 0 aliphatic carbocycles. The first kappa shape index (κ1) is 17.8. The molecular weight excluding hydrogens is 362 g/mol. The minimum absolute atomic E-state index is 0.0528. The second-order valence-corrected chi connectivity index (χ2v) is 6.91. The van der Waals surface area contributed by atoms with Crippen LogP contribution in [0, 0.1) is 0 Å². The van der Waals surface area contributed by atoms with E-state index in [4.69, 9.17) is 21.1 Å². The summed E-state index contributed by atoms with van der Waals surface area (Å²) in [7, 11) is 1.64. The zero-order valence-electron chi connectivity index (χ0n) is 15.1. The quantitative estimate of drug-likeness (QED) is 0.663. The van der Waals surface area contributed by atoms with E-state index >= 15 is 0 Å². The van der Waals surface area contributed by atoms with Crippen LogP contribution < -0.4 is 4.74 Å². The first-order chi connectivity index (χ1) is 13.2. The van der Waals surface area contributed by atoms with E-state index in [0.717, 1.165) is 27.6 Å². The number of benzene rings is 3. The first-order valence-corrected chi connectivity index (χ1v) is 9.29. The molecule has 3 aromatic carbocycles. The van der Waals surface area contributed by atoms with E-state index in [2.05, 4.69) is 6.07 Å². The fourth-order valence-corrected chi connectivity index (χ4v) is 3.71. The van der Waals surface area contributed by atoms with E-state index in [9.17, 15) is 4.79 Å². The zero-order chi connectivity index (χ0) is 18.8. The van der Waals surface area contributed by atoms with E-state index in [-0.39, 0.29) is 5.91 Å². The summed E-state index contributed by atoms with van der Waals surface area (Å²) >= 11 is 6.41. The number of fused-ring (bicyclic) bond motifs is 1. The molecule has 0 saturated carbocycles. The standard InChI is InChI=1S/C22H20ClNO3/c1-26-20-4-2-3-19(23)21(20)17-7-5-16-14-18(8-6-15(16)13-17)22(25)24-9-11-27-12-10-24/h2-8,13-14H,9-12H2,1H3. The number of rotatable bonds is 3. The average molecular weight is 382 g/mol. The highest BCUT2D eigenvalue weighted by Crippen LogP contribution is 2.37. The molecule has 0 N–H and O–H groups in total. The summed E-state index contributed by atoms with van der Waals surface area (Å²) in [5.74, 6) is 0.790. The van der Waals surface area contributed by atoms with Gasteiger partial charge in [0.05, 0.1) is 25.3 Å². The van der Waals surface area contributed by atoms with Crippen molar-refractivity contribution in [3.05, 3.63) is 65.2 Å². The van der Waals surface area contributed by atoms with Crippen LogP contribution in [0.1, 0.15) is 10.4 Å². The van der Waals surface area contributed by atoms with Gasteiger partial charge in [-0.3, -0.25) is 4.79 Å². The molecule has 1 fully saturated rings. The molecule has 0 spiro atoms. The molecular formula is C22H20ClNO3. The SMILES string of the molecule is COc1cccc(Cl)c1-c1ccc2cc(C(=O)N3CCOCC3)ccc2c1. The van der Waals surface area contributed by atoms with Gasteiger partial charge in [0, 0.05) is 24.2 Å². The lowest BCUT2D eigenvalue weighted by Gasteiger charge is -2.27. The van der Waals surface area contributed by atoms with E-state index in [1.165, 1.54) is 0 Å². The number of carbonyl (C=O) groups excluding carboxylic acids is 1. The molecule has 1 saturated heterocycles. The molecule has 1 heterocycles. The Kier molecular flexibility index (Phi) is 5.01. The lowest BCUT2D eigenvalue weighted by atomic mass is 9.99. The highest BCUT2D eigenvalue weighted by Gasteiger charge is 2.19. The molecule has 27 heavy (non-hydrogen) atoms. The average Bonchev–Trinajstić information content (AvgIpc) is 2.73. The molecule has 0 unspecified atom stereocenters. The van der Waals surface area contributed by atoms with Crippen LogP contribution in [0.5, 0.6) is 5.75 Å². The van der Waals surface area contributed by atoms with E-state index in [0.29, 0.717) is 36.9 Å². The molecule has 0 radical (unpaired) electrons. The topological polar surface area (TPSA) is 38.8 Å². The van der Waals surface area contributed by atoms with Crippen LogP contribution >= 0.6 is 11.6 Å². The normalized spacial score (nSPS) is 14.4. The fraction of sp³-hybridized carbons (Fsp3) is 0.227. The Labute approximate surface area is 163 Å². The molecule has 4 rings (SSSR count). The van der Waals surface area contributed by atoms with Crippen LogP contribution in [-0.4, -0.2) is 44.2 Å². The predicted molar refractivity (Wildman–Crippen MR) is 108 cm³/mol. The van der Waals surface area contributed by atoms with Crippen LogP contribution in [0.2, 0.25) is 5.02 Å². The third kappa shape index (κ3) is 3.51. The van der Waals surface area contributed by atoms with Gasteiger partial charge in [-0.05, 0) is 46.7 Å². The van der Waals surface area contributed by atoms with Crippen molar-refractivity contribution < 1.29 is 14.3 Å². The van der Waals surface area contributed by atoms with Crippen molar-refractivity contribution in [1.82, 2.24) is 4.90 Å². The van der Waals surface area contributed by atoms with Crippen molar-refractivity contribution in [1.29, 1.82) is 0 Å². The third-order valence-electron chi connectivity index (χ3n) is 4.87. The van der Waals surface area contributed by atoms with Gasteiger partial charge >= 0.3 is 0 Å². The van der Waals surface area contributed by atoms with Gasteiger partial charge in [0.15, 0.2) is 0 Å². The molecule has 5 heteroatoms.